The average Bonchev–Trinajstić information content (AvgIpc) is 3.00. The summed E-state index contributed by atoms with van der Waals surface area (Å²) in [6.07, 6.45) is 4.97. The molecular weight excluding hydrogens is 306 g/mol. The molecule has 0 saturated carbocycles. The number of aromatic nitrogens is 3. The van der Waals surface area contributed by atoms with Crippen LogP contribution in [0, 0.1) is 0 Å². The number of aromatic amines is 1. The largest absolute Gasteiger partial charge is 0.463 e. The zero-order valence-electron chi connectivity index (χ0n) is 13.9. The Morgan fingerprint density at radius 2 is 2.17 bits per heavy atom. The molecule has 0 unspecified atom stereocenters. The van der Waals surface area contributed by atoms with Gasteiger partial charge in [-0.2, -0.15) is 5.10 Å². The number of esters is 1. The van der Waals surface area contributed by atoms with Crippen molar-refractivity contribution in [1.29, 1.82) is 0 Å². The van der Waals surface area contributed by atoms with Crippen molar-refractivity contribution in [3.8, 4) is 0 Å². The predicted molar refractivity (Wildman–Crippen MR) is 93.9 cm³/mol. The number of hydrogen-bond donors (Lipinski definition) is 1. The fraction of sp³-hybridized carbons (Fsp3) is 0.278. The molecule has 2 aromatic heterocycles. The Hall–Kier alpha value is -2.89. The van der Waals surface area contributed by atoms with Crippen LogP contribution in [0.15, 0.2) is 35.3 Å². The van der Waals surface area contributed by atoms with E-state index in [0.717, 1.165) is 21.9 Å². The summed E-state index contributed by atoms with van der Waals surface area (Å²) in [6.45, 7) is 6.13. The molecule has 6 nitrogen and oxygen atoms in total. The second-order valence-corrected chi connectivity index (χ2v) is 5.81. The lowest BCUT2D eigenvalue weighted by molar-refractivity contribution is -0.137. The van der Waals surface area contributed by atoms with Crippen molar-refractivity contribution < 1.29 is 9.53 Å². The van der Waals surface area contributed by atoms with Crippen LogP contribution in [-0.2, 0) is 9.53 Å². The standard InChI is InChI=1S/C18H19N3O3/c1-4-24-16(22)8-6-12-5-7-15-13(9-12)14-10-21(11(2)3)20-17(14)18(23)19-15/h5-11H,4H2,1-3H3,(H,19,23)/b8-6+. The third-order valence-electron chi connectivity index (χ3n) is 3.76. The first-order chi connectivity index (χ1) is 11.5. The van der Waals surface area contributed by atoms with Gasteiger partial charge in [0, 0.05) is 34.6 Å². The van der Waals surface area contributed by atoms with E-state index in [0.29, 0.717) is 12.1 Å². The number of pyridine rings is 1. The van der Waals surface area contributed by atoms with E-state index in [1.54, 1.807) is 17.7 Å². The van der Waals surface area contributed by atoms with E-state index < -0.39 is 0 Å². The minimum absolute atomic E-state index is 0.166. The van der Waals surface area contributed by atoms with E-state index in [4.69, 9.17) is 4.74 Å². The number of hydrogen-bond acceptors (Lipinski definition) is 4. The van der Waals surface area contributed by atoms with Crippen molar-refractivity contribution in [3.63, 3.8) is 0 Å². The predicted octanol–water partition coefficient (Wildman–Crippen LogP) is 3.04. The highest BCUT2D eigenvalue weighted by Crippen LogP contribution is 2.23. The zero-order valence-corrected chi connectivity index (χ0v) is 13.9. The zero-order chi connectivity index (χ0) is 17.3. The Labute approximate surface area is 138 Å². The molecule has 3 rings (SSSR count). The van der Waals surface area contributed by atoms with Gasteiger partial charge in [0.1, 0.15) is 0 Å². The molecule has 3 aromatic rings. The lowest BCUT2D eigenvalue weighted by Crippen LogP contribution is -2.07. The molecule has 0 saturated heterocycles. The van der Waals surface area contributed by atoms with Gasteiger partial charge in [0.15, 0.2) is 5.52 Å². The molecule has 0 fully saturated rings. The SMILES string of the molecule is CCOC(=O)/C=C/c1ccc2[nH]c(=O)c3nn(C(C)C)cc3c2c1. The van der Waals surface area contributed by atoms with Crippen LogP contribution < -0.4 is 5.56 Å². The number of nitrogens with one attached hydrogen (secondary N) is 1. The lowest BCUT2D eigenvalue weighted by atomic mass is 10.1. The maximum atomic E-state index is 12.2. The van der Waals surface area contributed by atoms with Crippen molar-refractivity contribution in [2.45, 2.75) is 26.8 Å². The summed E-state index contributed by atoms with van der Waals surface area (Å²) in [6, 6.07) is 5.76. The first-order valence-electron chi connectivity index (χ1n) is 7.89. The van der Waals surface area contributed by atoms with Gasteiger partial charge < -0.3 is 9.72 Å². The van der Waals surface area contributed by atoms with Gasteiger partial charge in [-0.05, 0) is 44.5 Å². The maximum Gasteiger partial charge on any atom is 0.330 e. The van der Waals surface area contributed by atoms with Gasteiger partial charge in [-0.25, -0.2) is 4.79 Å². The first kappa shape index (κ1) is 16.0. The second kappa shape index (κ2) is 6.31. The number of rotatable bonds is 4. The molecule has 6 heteroatoms. The van der Waals surface area contributed by atoms with Gasteiger partial charge in [-0.3, -0.25) is 9.48 Å². The highest BCUT2D eigenvalue weighted by molar-refractivity contribution is 6.04. The molecule has 0 atom stereocenters. The van der Waals surface area contributed by atoms with Crippen LogP contribution in [0.4, 0.5) is 0 Å². The van der Waals surface area contributed by atoms with Crippen LogP contribution in [0.5, 0.6) is 0 Å². The van der Waals surface area contributed by atoms with Gasteiger partial charge in [0.05, 0.1) is 6.61 Å². The molecule has 0 aliphatic carbocycles. The van der Waals surface area contributed by atoms with Crippen molar-refractivity contribution in [2.24, 2.45) is 0 Å². The first-order valence-corrected chi connectivity index (χ1v) is 7.89. The Kier molecular flexibility index (Phi) is 4.20. The number of H-pyrrole nitrogens is 1. The monoisotopic (exact) mass is 325 g/mol. The smallest absolute Gasteiger partial charge is 0.330 e. The average molecular weight is 325 g/mol. The molecule has 0 aliphatic heterocycles. The van der Waals surface area contributed by atoms with Crippen LogP contribution in [0.25, 0.3) is 27.9 Å². The minimum atomic E-state index is -0.378. The van der Waals surface area contributed by atoms with E-state index >= 15 is 0 Å². The summed E-state index contributed by atoms with van der Waals surface area (Å²) in [5, 5.41) is 6.06. The summed E-state index contributed by atoms with van der Waals surface area (Å²) in [7, 11) is 0. The van der Waals surface area contributed by atoms with Gasteiger partial charge in [-0.15, -0.1) is 0 Å². The highest BCUT2D eigenvalue weighted by Gasteiger charge is 2.11. The van der Waals surface area contributed by atoms with E-state index in [1.807, 2.05) is 38.2 Å². The van der Waals surface area contributed by atoms with Crippen LogP contribution in [0.2, 0.25) is 0 Å². The van der Waals surface area contributed by atoms with E-state index in [2.05, 4.69) is 10.1 Å². The number of nitrogens with zero attached hydrogens (tertiary/aromatic N) is 2. The highest BCUT2D eigenvalue weighted by atomic mass is 16.5. The van der Waals surface area contributed by atoms with Crippen LogP contribution >= 0.6 is 0 Å². The summed E-state index contributed by atoms with van der Waals surface area (Å²) < 4.78 is 6.66. The summed E-state index contributed by atoms with van der Waals surface area (Å²) in [4.78, 5) is 26.5. The molecule has 0 radical (unpaired) electrons. The molecule has 0 spiro atoms. The summed E-state index contributed by atoms with van der Waals surface area (Å²) >= 11 is 0. The molecule has 2 heterocycles. The molecule has 24 heavy (non-hydrogen) atoms. The Morgan fingerprint density at radius 3 is 2.88 bits per heavy atom. The normalized spacial score (nSPS) is 11.8. The molecule has 1 N–H and O–H groups in total. The van der Waals surface area contributed by atoms with E-state index in [1.165, 1.54) is 6.08 Å². The fourth-order valence-electron chi connectivity index (χ4n) is 2.55. The van der Waals surface area contributed by atoms with E-state index in [-0.39, 0.29) is 17.6 Å². The number of carbonyl (C=O) groups is 1. The molecule has 1 aromatic carbocycles. The van der Waals surface area contributed by atoms with Gasteiger partial charge in [0.2, 0.25) is 0 Å². The van der Waals surface area contributed by atoms with Gasteiger partial charge in [-0.1, -0.05) is 6.07 Å². The molecule has 0 aliphatic rings. The third-order valence-corrected chi connectivity index (χ3v) is 3.76. The van der Waals surface area contributed by atoms with Crippen molar-refractivity contribution in [3.05, 3.63) is 46.4 Å². The maximum absolute atomic E-state index is 12.2. The molecular formula is C18H19N3O3. The summed E-state index contributed by atoms with van der Waals surface area (Å²) in [5.41, 5.74) is 1.81. The van der Waals surface area contributed by atoms with E-state index in [9.17, 15) is 9.59 Å². The fourth-order valence-corrected chi connectivity index (χ4v) is 2.55. The quantitative estimate of drug-likeness (QED) is 0.591. The Morgan fingerprint density at radius 1 is 1.38 bits per heavy atom. The topological polar surface area (TPSA) is 77.0 Å². The van der Waals surface area contributed by atoms with Crippen molar-refractivity contribution in [2.75, 3.05) is 6.61 Å². The Balaban J connectivity index is 2.14. The van der Waals surface area contributed by atoms with Crippen molar-refractivity contribution >= 4 is 33.9 Å². The van der Waals surface area contributed by atoms with Gasteiger partial charge in [0.25, 0.3) is 5.56 Å². The van der Waals surface area contributed by atoms with Crippen LogP contribution in [0.3, 0.4) is 0 Å². The number of carbonyl (C=O) groups excluding carboxylic acids is 1. The van der Waals surface area contributed by atoms with Crippen LogP contribution in [0.1, 0.15) is 32.4 Å². The molecule has 0 bridgehead atoms. The second-order valence-electron chi connectivity index (χ2n) is 5.81. The third kappa shape index (κ3) is 2.95. The van der Waals surface area contributed by atoms with Crippen molar-refractivity contribution in [1.82, 2.24) is 14.8 Å². The number of benzene rings is 1. The number of ether oxygens (including phenoxy) is 1. The van der Waals surface area contributed by atoms with Crippen LogP contribution in [-0.4, -0.2) is 27.3 Å². The lowest BCUT2D eigenvalue weighted by Gasteiger charge is -2.02. The summed E-state index contributed by atoms with van der Waals surface area (Å²) in [5.74, 6) is -0.378. The molecule has 124 valence electrons. The Bertz CT molecular complexity index is 996. The minimum Gasteiger partial charge on any atom is -0.463 e. The number of fused-ring (bicyclic) bond motifs is 3. The van der Waals surface area contributed by atoms with Gasteiger partial charge >= 0.3 is 5.97 Å². The molecule has 0 amide bonds.